The third-order valence-electron chi connectivity index (χ3n) is 4.52. The van der Waals surface area contributed by atoms with Gasteiger partial charge in [-0.15, -0.1) is 0 Å². The largest absolute Gasteiger partial charge is 0.483 e. The van der Waals surface area contributed by atoms with Crippen LogP contribution in [0.1, 0.15) is 25.0 Å². The van der Waals surface area contributed by atoms with E-state index < -0.39 is 63.9 Å². The summed E-state index contributed by atoms with van der Waals surface area (Å²) < 4.78 is 74.8. The molecule has 2 aromatic carbocycles. The van der Waals surface area contributed by atoms with Crippen molar-refractivity contribution < 1.29 is 40.7 Å². The minimum atomic E-state index is -4.14. The minimum absolute atomic E-state index is 0.0389. The lowest BCUT2D eigenvalue weighted by molar-refractivity contribution is -0.150. The number of hydrogen-bond donors (Lipinski definition) is 1. The first-order chi connectivity index (χ1) is 15.5. The summed E-state index contributed by atoms with van der Waals surface area (Å²) in [6.07, 6.45) is 0.170. The van der Waals surface area contributed by atoms with Gasteiger partial charge in [0.2, 0.25) is 10.0 Å². The molecule has 2 N–H and O–H groups in total. The summed E-state index contributed by atoms with van der Waals surface area (Å²) in [6, 6.07) is 4.47. The summed E-state index contributed by atoms with van der Waals surface area (Å²) in [4.78, 5) is 25.1. The van der Waals surface area contributed by atoms with Gasteiger partial charge < -0.3 is 14.4 Å². The number of nitrogens with zero attached hydrogens (tertiary/aromatic N) is 1. The third-order valence-corrected chi connectivity index (χ3v) is 5.43. The molecule has 180 valence electrons. The molecule has 0 saturated carbocycles. The lowest BCUT2D eigenvalue weighted by Crippen LogP contribution is -2.39. The highest BCUT2D eigenvalue weighted by Crippen LogP contribution is 2.24. The summed E-state index contributed by atoms with van der Waals surface area (Å²) in [5.41, 5.74) is -0.0446. The van der Waals surface area contributed by atoms with E-state index in [0.29, 0.717) is 12.1 Å². The molecule has 1 amide bonds. The molecule has 0 aromatic heterocycles. The average Bonchev–Trinajstić information content (AvgIpc) is 2.71. The highest BCUT2D eigenvalue weighted by molar-refractivity contribution is 7.89. The Morgan fingerprint density at radius 2 is 1.76 bits per heavy atom. The number of esters is 1. The van der Waals surface area contributed by atoms with E-state index >= 15 is 0 Å². The van der Waals surface area contributed by atoms with Crippen molar-refractivity contribution in [2.45, 2.75) is 31.7 Å². The molecule has 0 fully saturated rings. The van der Waals surface area contributed by atoms with E-state index in [1.165, 1.54) is 0 Å². The zero-order valence-electron chi connectivity index (χ0n) is 17.9. The number of hydrogen-bond acceptors (Lipinski definition) is 6. The predicted octanol–water partition coefficient (Wildman–Crippen LogP) is 2.28. The van der Waals surface area contributed by atoms with Crippen LogP contribution in [0.15, 0.2) is 35.2 Å². The van der Waals surface area contributed by atoms with Crippen LogP contribution in [0.25, 0.3) is 0 Å². The minimum Gasteiger partial charge on any atom is -0.483 e. The van der Waals surface area contributed by atoms with Crippen molar-refractivity contribution in [1.82, 2.24) is 4.90 Å². The molecule has 0 bridgehead atoms. The summed E-state index contributed by atoms with van der Waals surface area (Å²) in [7, 11) is -4.14. The summed E-state index contributed by atoms with van der Waals surface area (Å²) in [6.45, 7) is 1.51. The van der Waals surface area contributed by atoms with E-state index in [1.54, 1.807) is 13.8 Å². The fraction of sp³-hybridized carbons (Fsp3) is 0.333. The molecule has 8 nitrogen and oxygen atoms in total. The topological polar surface area (TPSA) is 116 Å². The number of nitrogens with two attached hydrogens (primary N) is 1. The molecule has 0 aliphatic heterocycles. The lowest BCUT2D eigenvalue weighted by Gasteiger charge is -2.23. The first kappa shape index (κ1) is 26.1. The van der Waals surface area contributed by atoms with Crippen LogP contribution in [-0.4, -0.2) is 45.0 Å². The molecule has 0 aliphatic carbocycles. The fourth-order valence-electron chi connectivity index (χ4n) is 2.92. The van der Waals surface area contributed by atoms with Crippen molar-refractivity contribution in [3.63, 3.8) is 0 Å². The number of benzene rings is 2. The number of amides is 1. The van der Waals surface area contributed by atoms with Gasteiger partial charge in [-0.2, -0.15) is 0 Å². The number of halogens is 3. The van der Waals surface area contributed by atoms with Crippen LogP contribution < -0.4 is 9.88 Å². The first-order valence-corrected chi connectivity index (χ1v) is 11.4. The second-order valence-corrected chi connectivity index (χ2v) is 8.42. The first-order valence-electron chi connectivity index (χ1n) is 9.81. The standard InChI is InChI=1S/C21H23F3N2O6S/c1-3-16-18(24)7-14(22)8-19(16)32-12-20(27)26(11-21(28)31-4-2)10-13-5-6-15(9-17(13)23)33(25,29)30/h5-9H,3-4,10-12H2,1-2H3,(H2,25,29,30). The normalized spacial score (nSPS) is 11.2. The van der Waals surface area contributed by atoms with Gasteiger partial charge in [0, 0.05) is 29.8 Å². The number of rotatable bonds is 10. The molecule has 2 aromatic rings. The Morgan fingerprint density at radius 3 is 2.33 bits per heavy atom. The van der Waals surface area contributed by atoms with E-state index in [4.69, 9.17) is 14.6 Å². The van der Waals surface area contributed by atoms with Gasteiger partial charge >= 0.3 is 5.97 Å². The van der Waals surface area contributed by atoms with Gasteiger partial charge in [0.15, 0.2) is 6.61 Å². The molecule has 12 heteroatoms. The number of sulfonamides is 1. The maximum Gasteiger partial charge on any atom is 0.325 e. The highest BCUT2D eigenvalue weighted by Gasteiger charge is 2.22. The van der Waals surface area contributed by atoms with Crippen molar-refractivity contribution in [3.05, 3.63) is 58.9 Å². The van der Waals surface area contributed by atoms with E-state index in [2.05, 4.69) is 0 Å². The molecular weight excluding hydrogens is 465 g/mol. The molecule has 0 heterocycles. The van der Waals surface area contributed by atoms with Crippen molar-refractivity contribution in [2.24, 2.45) is 5.14 Å². The summed E-state index contributed by atoms with van der Waals surface area (Å²) in [5, 5.41) is 4.97. The van der Waals surface area contributed by atoms with Crippen LogP contribution in [0.5, 0.6) is 5.75 Å². The van der Waals surface area contributed by atoms with E-state index in [1.807, 2.05) is 0 Å². The Bertz CT molecular complexity index is 1140. The van der Waals surface area contributed by atoms with Gasteiger partial charge in [0.1, 0.15) is 29.7 Å². The maximum absolute atomic E-state index is 14.4. The monoisotopic (exact) mass is 488 g/mol. The Morgan fingerprint density at radius 1 is 1.06 bits per heavy atom. The lowest BCUT2D eigenvalue weighted by atomic mass is 10.1. The smallest absolute Gasteiger partial charge is 0.325 e. The Hall–Kier alpha value is -3.12. The molecule has 0 atom stereocenters. The van der Waals surface area contributed by atoms with Gasteiger partial charge in [-0.1, -0.05) is 13.0 Å². The SMILES string of the molecule is CCOC(=O)CN(Cc1ccc(S(N)(=O)=O)cc1F)C(=O)COc1cc(F)cc(F)c1CC. The van der Waals surface area contributed by atoms with Gasteiger partial charge in [0.05, 0.1) is 11.5 Å². The van der Waals surface area contributed by atoms with Crippen molar-refractivity contribution in [3.8, 4) is 5.75 Å². The molecular formula is C21H23F3N2O6S. The van der Waals surface area contributed by atoms with E-state index in [9.17, 15) is 31.2 Å². The highest BCUT2D eigenvalue weighted by atomic mass is 32.2. The van der Waals surface area contributed by atoms with Gasteiger partial charge in [-0.25, -0.2) is 26.7 Å². The number of carbonyl (C=O) groups excluding carboxylic acids is 2. The van der Waals surface area contributed by atoms with Crippen molar-refractivity contribution in [2.75, 3.05) is 19.8 Å². The third kappa shape index (κ3) is 7.19. The van der Waals surface area contributed by atoms with Crippen LogP contribution in [0.3, 0.4) is 0 Å². The molecule has 0 unspecified atom stereocenters. The quantitative estimate of drug-likeness (QED) is 0.513. The number of carbonyl (C=O) groups is 2. The van der Waals surface area contributed by atoms with Crippen LogP contribution in [-0.2, 0) is 37.3 Å². The molecule has 0 saturated heterocycles. The molecule has 0 radical (unpaired) electrons. The Labute approximate surface area is 189 Å². The van der Waals surface area contributed by atoms with Crippen LogP contribution in [0.4, 0.5) is 13.2 Å². The summed E-state index contributed by atoms with van der Waals surface area (Å²) >= 11 is 0. The second kappa shape index (κ2) is 11.1. The second-order valence-electron chi connectivity index (χ2n) is 6.86. The van der Waals surface area contributed by atoms with Crippen LogP contribution >= 0.6 is 0 Å². The van der Waals surface area contributed by atoms with Crippen LogP contribution in [0.2, 0.25) is 0 Å². The average molecular weight is 488 g/mol. The van der Waals surface area contributed by atoms with Gasteiger partial charge in [0.25, 0.3) is 5.91 Å². The Balaban J connectivity index is 2.25. The van der Waals surface area contributed by atoms with E-state index in [-0.39, 0.29) is 29.9 Å². The molecule has 2 rings (SSSR count). The Kier molecular flexibility index (Phi) is 8.83. The zero-order chi connectivity index (χ0) is 24.8. The number of ether oxygens (including phenoxy) is 2. The maximum atomic E-state index is 14.4. The van der Waals surface area contributed by atoms with Gasteiger partial charge in [-0.3, -0.25) is 9.59 Å². The van der Waals surface area contributed by atoms with Crippen molar-refractivity contribution in [1.29, 1.82) is 0 Å². The van der Waals surface area contributed by atoms with Crippen LogP contribution in [0, 0.1) is 17.5 Å². The van der Waals surface area contributed by atoms with Crippen molar-refractivity contribution >= 4 is 21.9 Å². The molecule has 0 spiro atoms. The molecule has 33 heavy (non-hydrogen) atoms. The zero-order valence-corrected chi connectivity index (χ0v) is 18.8. The number of primary sulfonamides is 1. The van der Waals surface area contributed by atoms with Gasteiger partial charge in [-0.05, 0) is 25.5 Å². The summed E-state index contributed by atoms with van der Waals surface area (Å²) in [5.74, 6) is -4.45. The predicted molar refractivity (Wildman–Crippen MR) is 111 cm³/mol. The van der Waals surface area contributed by atoms with E-state index in [0.717, 1.165) is 23.1 Å². The molecule has 0 aliphatic rings. The fourth-order valence-corrected chi connectivity index (χ4v) is 3.44.